The number of likely N-dealkylation sites (tertiary alicyclic amines) is 1. The van der Waals surface area contributed by atoms with Crippen LogP contribution in [0.2, 0.25) is 0 Å². The molecule has 1 saturated heterocycles. The fourth-order valence-corrected chi connectivity index (χ4v) is 4.41. The van der Waals surface area contributed by atoms with Crippen LogP contribution in [0.1, 0.15) is 23.2 Å². The normalized spacial score (nSPS) is 15.1. The summed E-state index contributed by atoms with van der Waals surface area (Å²) in [7, 11) is -3.77. The molecule has 0 unspecified atom stereocenters. The van der Waals surface area contributed by atoms with Gasteiger partial charge in [-0.3, -0.25) is 9.59 Å². The highest BCUT2D eigenvalue weighted by molar-refractivity contribution is 7.89. The molecule has 3 aromatic rings. The van der Waals surface area contributed by atoms with Gasteiger partial charge in [0, 0.05) is 30.3 Å². The number of piperidine rings is 1. The third-order valence-electron chi connectivity index (χ3n) is 5.62. The van der Waals surface area contributed by atoms with Crippen molar-refractivity contribution in [2.45, 2.75) is 17.7 Å². The Bertz CT molecular complexity index is 1230. The lowest BCUT2D eigenvalue weighted by Crippen LogP contribution is -2.41. The van der Waals surface area contributed by atoms with Crippen LogP contribution in [0.5, 0.6) is 0 Å². The van der Waals surface area contributed by atoms with Gasteiger partial charge in [-0.25, -0.2) is 13.6 Å². The molecular formula is C23H23N3O4S. The van der Waals surface area contributed by atoms with E-state index in [2.05, 4.69) is 5.32 Å². The Kier molecular flexibility index (Phi) is 5.75. The average molecular weight is 438 g/mol. The molecule has 2 amide bonds. The van der Waals surface area contributed by atoms with Crippen molar-refractivity contribution < 1.29 is 18.0 Å². The Labute approximate surface area is 180 Å². The minimum Gasteiger partial charge on any atom is -0.339 e. The van der Waals surface area contributed by atoms with Crippen LogP contribution < -0.4 is 10.5 Å². The highest BCUT2D eigenvalue weighted by Crippen LogP contribution is 2.24. The van der Waals surface area contributed by atoms with Crippen LogP contribution in [0.25, 0.3) is 10.8 Å². The van der Waals surface area contributed by atoms with Crippen LogP contribution in [-0.4, -0.2) is 38.2 Å². The van der Waals surface area contributed by atoms with Crippen molar-refractivity contribution in [1.29, 1.82) is 0 Å². The molecule has 31 heavy (non-hydrogen) atoms. The molecule has 7 nitrogen and oxygen atoms in total. The van der Waals surface area contributed by atoms with Crippen LogP contribution in [0, 0.1) is 5.92 Å². The Morgan fingerprint density at radius 1 is 0.903 bits per heavy atom. The highest BCUT2D eigenvalue weighted by atomic mass is 32.2. The number of rotatable bonds is 4. The third kappa shape index (κ3) is 4.60. The summed E-state index contributed by atoms with van der Waals surface area (Å²) in [6, 6.07) is 19.3. The number of anilines is 1. The molecule has 1 aliphatic rings. The first-order valence-corrected chi connectivity index (χ1v) is 11.6. The monoisotopic (exact) mass is 437 g/mol. The van der Waals surface area contributed by atoms with Crippen molar-refractivity contribution in [3.63, 3.8) is 0 Å². The van der Waals surface area contributed by atoms with Gasteiger partial charge in [0.2, 0.25) is 15.9 Å². The van der Waals surface area contributed by atoms with Crippen LogP contribution >= 0.6 is 0 Å². The first-order chi connectivity index (χ1) is 14.8. The van der Waals surface area contributed by atoms with Crippen molar-refractivity contribution in [1.82, 2.24) is 4.90 Å². The summed E-state index contributed by atoms with van der Waals surface area (Å²) in [6.45, 7) is 1.01. The number of amides is 2. The second-order valence-corrected chi connectivity index (χ2v) is 9.21. The van der Waals surface area contributed by atoms with E-state index in [0.717, 1.165) is 10.8 Å². The molecule has 0 radical (unpaired) electrons. The topological polar surface area (TPSA) is 110 Å². The van der Waals surface area contributed by atoms with Gasteiger partial charge in [0.05, 0.1) is 4.90 Å². The largest absolute Gasteiger partial charge is 0.339 e. The van der Waals surface area contributed by atoms with Crippen molar-refractivity contribution in [2.75, 3.05) is 18.4 Å². The minimum atomic E-state index is -3.77. The zero-order valence-corrected chi connectivity index (χ0v) is 17.6. The molecule has 0 bridgehead atoms. The van der Waals surface area contributed by atoms with Crippen molar-refractivity contribution >= 4 is 38.3 Å². The zero-order chi connectivity index (χ0) is 22.0. The van der Waals surface area contributed by atoms with E-state index < -0.39 is 10.0 Å². The Morgan fingerprint density at radius 3 is 2.23 bits per heavy atom. The number of benzene rings is 3. The van der Waals surface area contributed by atoms with Gasteiger partial charge in [0.25, 0.3) is 5.91 Å². The molecular weight excluding hydrogens is 414 g/mol. The Hall–Kier alpha value is -3.23. The minimum absolute atomic E-state index is 0.00856. The van der Waals surface area contributed by atoms with Gasteiger partial charge in [-0.2, -0.15) is 0 Å². The smallest absolute Gasteiger partial charge is 0.254 e. The number of nitrogens with zero attached hydrogens (tertiary/aromatic N) is 1. The second kappa shape index (κ2) is 8.49. The second-order valence-electron chi connectivity index (χ2n) is 7.65. The van der Waals surface area contributed by atoms with E-state index in [0.29, 0.717) is 37.2 Å². The van der Waals surface area contributed by atoms with Gasteiger partial charge in [0.15, 0.2) is 0 Å². The lowest BCUT2D eigenvalue weighted by molar-refractivity contribution is -0.121. The fourth-order valence-electron chi connectivity index (χ4n) is 3.90. The van der Waals surface area contributed by atoms with E-state index in [1.807, 2.05) is 42.5 Å². The van der Waals surface area contributed by atoms with Crippen molar-refractivity contribution in [3.8, 4) is 0 Å². The first-order valence-electron chi connectivity index (χ1n) is 10.0. The highest BCUT2D eigenvalue weighted by Gasteiger charge is 2.28. The molecule has 1 heterocycles. The number of nitrogens with two attached hydrogens (primary N) is 1. The number of carbonyl (C=O) groups is 2. The molecule has 0 saturated carbocycles. The molecule has 8 heteroatoms. The third-order valence-corrected chi connectivity index (χ3v) is 6.55. The van der Waals surface area contributed by atoms with E-state index in [-0.39, 0.29) is 22.6 Å². The van der Waals surface area contributed by atoms with E-state index >= 15 is 0 Å². The number of fused-ring (bicyclic) bond motifs is 1. The molecule has 3 N–H and O–H groups in total. The predicted octanol–water partition coefficient (Wildman–Crippen LogP) is 2.98. The van der Waals surface area contributed by atoms with Gasteiger partial charge < -0.3 is 10.2 Å². The molecule has 0 atom stereocenters. The zero-order valence-electron chi connectivity index (χ0n) is 16.8. The van der Waals surface area contributed by atoms with Gasteiger partial charge >= 0.3 is 0 Å². The van der Waals surface area contributed by atoms with Crippen LogP contribution in [0.15, 0.2) is 71.6 Å². The van der Waals surface area contributed by atoms with E-state index in [1.165, 1.54) is 24.3 Å². The Morgan fingerprint density at radius 2 is 1.55 bits per heavy atom. The summed E-state index contributed by atoms with van der Waals surface area (Å²) in [4.78, 5) is 27.5. The number of sulfonamides is 1. The molecule has 160 valence electrons. The number of carbonyl (C=O) groups excluding carboxylic acids is 2. The number of primary sulfonamides is 1. The molecule has 0 spiro atoms. The molecule has 0 aliphatic carbocycles. The maximum atomic E-state index is 13.1. The van der Waals surface area contributed by atoms with Crippen LogP contribution in [0.4, 0.5) is 5.69 Å². The van der Waals surface area contributed by atoms with Crippen molar-refractivity contribution in [3.05, 3.63) is 72.3 Å². The summed E-state index contributed by atoms with van der Waals surface area (Å²) in [6.07, 6.45) is 1.13. The lowest BCUT2D eigenvalue weighted by atomic mass is 9.94. The van der Waals surface area contributed by atoms with Crippen LogP contribution in [-0.2, 0) is 14.8 Å². The molecule has 3 aromatic carbocycles. The van der Waals surface area contributed by atoms with Gasteiger partial charge in [-0.05, 0) is 53.9 Å². The predicted molar refractivity (Wildman–Crippen MR) is 119 cm³/mol. The van der Waals surface area contributed by atoms with Gasteiger partial charge in [-0.15, -0.1) is 0 Å². The standard InChI is InChI=1S/C23H23N3O4S/c24-31(29,30)19-10-8-18(9-11-19)25-22(27)17-12-14-26(15-13-17)23(28)21-7-3-5-16-4-1-2-6-20(16)21/h1-11,17H,12-15H2,(H,25,27)(H2,24,29,30). The SMILES string of the molecule is NS(=O)(=O)c1ccc(NC(=O)C2CCN(C(=O)c3cccc4ccccc34)CC2)cc1. The van der Waals surface area contributed by atoms with Crippen LogP contribution in [0.3, 0.4) is 0 Å². The van der Waals surface area contributed by atoms with E-state index in [4.69, 9.17) is 5.14 Å². The van der Waals surface area contributed by atoms with E-state index in [1.54, 1.807) is 4.90 Å². The summed E-state index contributed by atoms with van der Waals surface area (Å²) in [5, 5.41) is 9.85. The van der Waals surface area contributed by atoms with Gasteiger partial charge in [-0.1, -0.05) is 36.4 Å². The molecule has 0 aromatic heterocycles. The average Bonchev–Trinajstić information content (AvgIpc) is 2.78. The maximum Gasteiger partial charge on any atom is 0.254 e. The number of nitrogens with one attached hydrogen (secondary N) is 1. The summed E-state index contributed by atoms with van der Waals surface area (Å²) < 4.78 is 22.7. The quantitative estimate of drug-likeness (QED) is 0.654. The van der Waals surface area contributed by atoms with E-state index in [9.17, 15) is 18.0 Å². The first kappa shape index (κ1) is 21.0. The summed E-state index contributed by atoms with van der Waals surface area (Å²) in [5.41, 5.74) is 1.18. The summed E-state index contributed by atoms with van der Waals surface area (Å²) in [5.74, 6) is -0.371. The number of hydrogen-bond donors (Lipinski definition) is 2. The molecule has 1 aliphatic heterocycles. The van der Waals surface area contributed by atoms with Gasteiger partial charge in [0.1, 0.15) is 0 Å². The molecule has 1 fully saturated rings. The lowest BCUT2D eigenvalue weighted by Gasteiger charge is -2.31. The molecule has 4 rings (SSSR count). The number of hydrogen-bond acceptors (Lipinski definition) is 4. The fraction of sp³-hybridized carbons (Fsp3) is 0.217. The summed E-state index contributed by atoms with van der Waals surface area (Å²) >= 11 is 0. The maximum absolute atomic E-state index is 13.1. The van der Waals surface area contributed by atoms with Crippen molar-refractivity contribution in [2.24, 2.45) is 11.1 Å². The Balaban J connectivity index is 1.38.